The van der Waals surface area contributed by atoms with Crippen LogP contribution in [0.1, 0.15) is 45.7 Å². The fraction of sp³-hybridized carbons (Fsp3) is 0.714. The Balaban J connectivity index is 1.99. The molecule has 4 nitrogen and oxygen atoms in total. The summed E-state index contributed by atoms with van der Waals surface area (Å²) in [6, 6.07) is 1.31. The minimum Gasteiger partial charge on any atom is -0.369 e. The molecule has 0 bridgehead atoms. The van der Waals surface area contributed by atoms with Crippen molar-refractivity contribution in [2.24, 2.45) is 0 Å². The monoisotopic (exact) mass is 248 g/mol. The van der Waals surface area contributed by atoms with Gasteiger partial charge in [-0.2, -0.15) is 0 Å². The van der Waals surface area contributed by atoms with Crippen LogP contribution in [0.25, 0.3) is 0 Å². The zero-order chi connectivity index (χ0) is 13.0. The summed E-state index contributed by atoms with van der Waals surface area (Å²) in [5.74, 6) is 0.862. The predicted octanol–water partition coefficient (Wildman–Crippen LogP) is 2.67. The van der Waals surface area contributed by atoms with E-state index in [2.05, 4.69) is 41.0 Å². The van der Waals surface area contributed by atoms with Crippen molar-refractivity contribution in [2.45, 2.75) is 58.7 Å². The van der Waals surface area contributed by atoms with E-state index in [0.717, 1.165) is 24.6 Å². The van der Waals surface area contributed by atoms with E-state index >= 15 is 0 Å². The van der Waals surface area contributed by atoms with Crippen LogP contribution in [0.5, 0.6) is 0 Å². The molecule has 2 unspecified atom stereocenters. The molecule has 100 valence electrons. The second-order valence-electron chi connectivity index (χ2n) is 5.22. The summed E-state index contributed by atoms with van der Waals surface area (Å²) in [7, 11) is 0. The molecule has 1 aromatic rings. The van der Waals surface area contributed by atoms with Crippen LogP contribution < -0.4 is 5.32 Å². The van der Waals surface area contributed by atoms with Crippen molar-refractivity contribution in [3.05, 3.63) is 18.1 Å². The first kappa shape index (κ1) is 13.3. The first-order valence-corrected chi connectivity index (χ1v) is 7.01. The van der Waals surface area contributed by atoms with Gasteiger partial charge >= 0.3 is 0 Å². The molecule has 0 aromatic carbocycles. The maximum Gasteiger partial charge on any atom is 0.144 e. The van der Waals surface area contributed by atoms with E-state index in [1.165, 1.54) is 19.3 Å². The smallest absolute Gasteiger partial charge is 0.144 e. The van der Waals surface area contributed by atoms with Crippen molar-refractivity contribution in [1.29, 1.82) is 0 Å². The molecule has 1 aromatic heterocycles. The number of hydrogen-bond acceptors (Lipinski definition) is 4. The lowest BCUT2D eigenvalue weighted by molar-refractivity contribution is 0.0937. The summed E-state index contributed by atoms with van der Waals surface area (Å²) < 4.78 is 0. The van der Waals surface area contributed by atoms with Gasteiger partial charge in [-0.25, -0.2) is 4.98 Å². The van der Waals surface area contributed by atoms with E-state index in [4.69, 9.17) is 0 Å². The van der Waals surface area contributed by atoms with Crippen molar-refractivity contribution in [2.75, 3.05) is 11.9 Å². The van der Waals surface area contributed by atoms with Crippen LogP contribution in [0.3, 0.4) is 0 Å². The van der Waals surface area contributed by atoms with Gasteiger partial charge in [-0.3, -0.25) is 9.88 Å². The Kier molecular flexibility index (Phi) is 4.53. The van der Waals surface area contributed by atoms with Crippen LogP contribution in [0.15, 0.2) is 12.4 Å². The standard InChI is InChI=1S/C14H24N4/c1-4-15-14-9-16-13(8-17-14)10-18-11(2)6-5-7-12(18)3/h8-9,11-12H,4-7,10H2,1-3H3,(H,15,17). The number of anilines is 1. The zero-order valence-electron chi connectivity index (χ0n) is 11.7. The van der Waals surface area contributed by atoms with Crippen molar-refractivity contribution >= 4 is 5.82 Å². The van der Waals surface area contributed by atoms with Crippen molar-refractivity contribution < 1.29 is 0 Å². The van der Waals surface area contributed by atoms with Gasteiger partial charge in [-0.15, -0.1) is 0 Å². The highest BCUT2D eigenvalue weighted by Crippen LogP contribution is 2.23. The minimum atomic E-state index is 0.656. The molecule has 1 N–H and O–H groups in total. The molecule has 1 fully saturated rings. The van der Waals surface area contributed by atoms with E-state index in [1.54, 1.807) is 0 Å². The second kappa shape index (κ2) is 6.14. The Morgan fingerprint density at radius 2 is 1.94 bits per heavy atom. The molecule has 1 aliphatic rings. The molecular weight excluding hydrogens is 224 g/mol. The molecule has 2 rings (SSSR count). The molecule has 0 saturated carbocycles. The third kappa shape index (κ3) is 3.19. The predicted molar refractivity (Wildman–Crippen MR) is 74.5 cm³/mol. The van der Waals surface area contributed by atoms with Gasteiger partial charge in [0.15, 0.2) is 0 Å². The molecule has 18 heavy (non-hydrogen) atoms. The number of nitrogens with one attached hydrogen (secondary N) is 1. The van der Waals surface area contributed by atoms with Gasteiger partial charge in [0.2, 0.25) is 0 Å². The van der Waals surface area contributed by atoms with Crippen LogP contribution in [0.4, 0.5) is 5.82 Å². The SMILES string of the molecule is CCNc1cnc(CN2C(C)CCCC2C)cn1. The molecule has 1 aliphatic heterocycles. The van der Waals surface area contributed by atoms with Crippen molar-refractivity contribution in [3.8, 4) is 0 Å². The first-order chi connectivity index (χ1) is 8.70. The molecule has 0 radical (unpaired) electrons. The lowest BCUT2D eigenvalue weighted by Crippen LogP contribution is -2.43. The topological polar surface area (TPSA) is 41.1 Å². The molecule has 1 saturated heterocycles. The lowest BCUT2D eigenvalue weighted by atomic mass is 9.97. The maximum atomic E-state index is 4.49. The van der Waals surface area contributed by atoms with Crippen LogP contribution in [-0.2, 0) is 6.54 Å². The minimum absolute atomic E-state index is 0.656. The highest BCUT2D eigenvalue weighted by Gasteiger charge is 2.24. The van der Waals surface area contributed by atoms with Gasteiger partial charge in [0, 0.05) is 25.2 Å². The number of piperidine rings is 1. The van der Waals surface area contributed by atoms with E-state index < -0.39 is 0 Å². The summed E-state index contributed by atoms with van der Waals surface area (Å²) in [5.41, 5.74) is 1.07. The van der Waals surface area contributed by atoms with Crippen LogP contribution >= 0.6 is 0 Å². The Morgan fingerprint density at radius 3 is 2.50 bits per heavy atom. The Morgan fingerprint density at radius 1 is 1.22 bits per heavy atom. The second-order valence-corrected chi connectivity index (χ2v) is 5.22. The van der Waals surface area contributed by atoms with E-state index in [9.17, 15) is 0 Å². The largest absolute Gasteiger partial charge is 0.369 e. The maximum absolute atomic E-state index is 4.49. The molecule has 4 heteroatoms. The Labute approximate surface area is 110 Å². The van der Waals surface area contributed by atoms with Crippen molar-refractivity contribution in [3.63, 3.8) is 0 Å². The van der Waals surface area contributed by atoms with Gasteiger partial charge in [-0.1, -0.05) is 6.42 Å². The van der Waals surface area contributed by atoms with E-state index in [-0.39, 0.29) is 0 Å². The fourth-order valence-corrected chi connectivity index (χ4v) is 2.68. The average Bonchev–Trinajstić information content (AvgIpc) is 2.36. The van der Waals surface area contributed by atoms with Crippen molar-refractivity contribution in [1.82, 2.24) is 14.9 Å². The van der Waals surface area contributed by atoms with E-state index in [1.807, 2.05) is 12.4 Å². The van der Waals surface area contributed by atoms with Crippen LogP contribution in [0.2, 0.25) is 0 Å². The summed E-state index contributed by atoms with van der Waals surface area (Å²) in [5, 5.41) is 3.17. The molecule has 0 amide bonds. The normalized spacial score (nSPS) is 25.1. The van der Waals surface area contributed by atoms with Gasteiger partial charge in [0.25, 0.3) is 0 Å². The number of rotatable bonds is 4. The Hall–Kier alpha value is -1.16. The summed E-state index contributed by atoms with van der Waals surface area (Å²) in [4.78, 5) is 11.4. The number of aromatic nitrogens is 2. The average molecular weight is 248 g/mol. The lowest BCUT2D eigenvalue weighted by Gasteiger charge is -2.38. The van der Waals surface area contributed by atoms with Gasteiger partial charge in [0.1, 0.15) is 5.82 Å². The number of nitrogens with zero attached hydrogens (tertiary/aromatic N) is 3. The van der Waals surface area contributed by atoms with Gasteiger partial charge in [0.05, 0.1) is 18.1 Å². The quantitative estimate of drug-likeness (QED) is 0.889. The van der Waals surface area contributed by atoms with Gasteiger partial charge < -0.3 is 5.32 Å². The van der Waals surface area contributed by atoms with Crippen LogP contribution in [0, 0.1) is 0 Å². The molecule has 2 heterocycles. The highest BCUT2D eigenvalue weighted by molar-refractivity contribution is 5.30. The molecule has 0 spiro atoms. The number of hydrogen-bond donors (Lipinski definition) is 1. The summed E-state index contributed by atoms with van der Waals surface area (Å²) >= 11 is 0. The molecular formula is C14H24N4. The number of likely N-dealkylation sites (tertiary alicyclic amines) is 1. The zero-order valence-corrected chi connectivity index (χ0v) is 11.7. The fourth-order valence-electron chi connectivity index (χ4n) is 2.68. The molecule has 2 atom stereocenters. The highest BCUT2D eigenvalue weighted by atomic mass is 15.2. The third-order valence-corrected chi connectivity index (χ3v) is 3.78. The summed E-state index contributed by atoms with van der Waals surface area (Å²) in [6.07, 6.45) is 7.68. The summed E-state index contributed by atoms with van der Waals surface area (Å²) in [6.45, 7) is 8.49. The molecule has 0 aliphatic carbocycles. The Bertz CT molecular complexity index is 353. The van der Waals surface area contributed by atoms with Gasteiger partial charge in [-0.05, 0) is 33.6 Å². The first-order valence-electron chi connectivity index (χ1n) is 7.01. The van der Waals surface area contributed by atoms with E-state index in [0.29, 0.717) is 12.1 Å². The van der Waals surface area contributed by atoms with Crippen LogP contribution in [-0.4, -0.2) is 33.5 Å². The third-order valence-electron chi connectivity index (χ3n) is 3.78.